The van der Waals surface area contributed by atoms with Gasteiger partial charge in [0.25, 0.3) is 0 Å². The Morgan fingerprint density at radius 1 is 1.00 bits per heavy atom. The summed E-state index contributed by atoms with van der Waals surface area (Å²) < 4.78 is 1.94. The van der Waals surface area contributed by atoms with Gasteiger partial charge in [0, 0.05) is 36.6 Å². The van der Waals surface area contributed by atoms with Crippen molar-refractivity contribution >= 4 is 23.6 Å². The maximum Gasteiger partial charge on any atom is 0.248 e. The highest BCUT2D eigenvalue weighted by Gasteiger charge is 2.26. The van der Waals surface area contributed by atoms with Gasteiger partial charge in [-0.25, -0.2) is 0 Å². The number of hydrogen-bond acceptors (Lipinski definition) is 6. The Bertz CT molecular complexity index is 1200. The van der Waals surface area contributed by atoms with Crippen molar-refractivity contribution < 1.29 is 9.59 Å². The molecule has 37 heavy (non-hydrogen) atoms. The van der Waals surface area contributed by atoms with E-state index >= 15 is 0 Å². The molecular formula is C28H35N7O2. The van der Waals surface area contributed by atoms with Crippen molar-refractivity contribution in [3.8, 4) is 5.82 Å². The molecule has 2 aliphatic rings. The molecule has 2 saturated carbocycles. The predicted octanol–water partition coefficient (Wildman–Crippen LogP) is 4.01. The Morgan fingerprint density at radius 2 is 1.73 bits per heavy atom. The monoisotopic (exact) mass is 501 g/mol. The quantitative estimate of drug-likeness (QED) is 0.314. The second-order valence-electron chi connectivity index (χ2n) is 10.2. The van der Waals surface area contributed by atoms with E-state index in [0.717, 1.165) is 43.5 Å². The van der Waals surface area contributed by atoms with E-state index in [0.29, 0.717) is 35.8 Å². The lowest BCUT2D eigenvalue weighted by molar-refractivity contribution is -0.122. The minimum atomic E-state index is -0.466. The van der Waals surface area contributed by atoms with Crippen molar-refractivity contribution in [2.45, 2.75) is 70.0 Å². The van der Waals surface area contributed by atoms with Gasteiger partial charge < -0.3 is 26.3 Å². The molecule has 2 amide bonds. The second kappa shape index (κ2) is 11.5. The van der Waals surface area contributed by atoms with Crippen LogP contribution in [0.2, 0.25) is 0 Å². The van der Waals surface area contributed by atoms with E-state index in [2.05, 4.69) is 20.9 Å². The Kier molecular flexibility index (Phi) is 7.67. The summed E-state index contributed by atoms with van der Waals surface area (Å²) in [5.74, 6) is 1.92. The van der Waals surface area contributed by atoms with Gasteiger partial charge in [0.05, 0.1) is 0 Å². The van der Waals surface area contributed by atoms with Crippen LogP contribution in [-0.2, 0) is 11.3 Å². The van der Waals surface area contributed by atoms with Crippen LogP contribution in [0, 0.1) is 5.92 Å². The molecule has 2 fully saturated rings. The lowest BCUT2D eigenvalue weighted by Gasteiger charge is -2.27. The van der Waals surface area contributed by atoms with Crippen LogP contribution < -0.4 is 21.7 Å². The Labute approximate surface area is 217 Å². The van der Waals surface area contributed by atoms with Crippen LogP contribution in [-0.4, -0.2) is 38.4 Å². The number of hydrogen-bond donors (Lipinski definition) is 4. The molecule has 9 nitrogen and oxygen atoms in total. The summed E-state index contributed by atoms with van der Waals surface area (Å²) in [5.41, 5.74) is 6.69. The molecule has 2 heterocycles. The summed E-state index contributed by atoms with van der Waals surface area (Å²) >= 11 is 0. The number of primary amides is 1. The SMILES string of the molecule is NC(=O)c1ccc(CNC(=O)C(CC2CCCCC2)Nc2cc(-n3cccc3)nc(NC3CC3)n2)cc1. The van der Waals surface area contributed by atoms with Gasteiger partial charge in [-0.3, -0.25) is 9.59 Å². The largest absolute Gasteiger partial charge is 0.366 e. The number of nitrogens with one attached hydrogen (secondary N) is 3. The van der Waals surface area contributed by atoms with E-state index in [1.54, 1.807) is 12.1 Å². The van der Waals surface area contributed by atoms with Gasteiger partial charge in [0.2, 0.25) is 17.8 Å². The maximum absolute atomic E-state index is 13.4. The predicted molar refractivity (Wildman–Crippen MR) is 143 cm³/mol. The second-order valence-corrected chi connectivity index (χ2v) is 10.2. The van der Waals surface area contributed by atoms with E-state index in [1.165, 1.54) is 19.3 Å². The van der Waals surface area contributed by atoms with Gasteiger partial charge in [-0.15, -0.1) is 0 Å². The van der Waals surface area contributed by atoms with Gasteiger partial charge in [0.15, 0.2) is 0 Å². The van der Waals surface area contributed by atoms with E-state index in [4.69, 9.17) is 10.7 Å². The molecule has 194 valence electrons. The molecule has 0 spiro atoms. The summed E-state index contributed by atoms with van der Waals surface area (Å²) in [7, 11) is 0. The van der Waals surface area contributed by atoms with E-state index < -0.39 is 11.9 Å². The van der Waals surface area contributed by atoms with E-state index in [1.807, 2.05) is 47.3 Å². The number of nitrogens with zero attached hydrogens (tertiary/aromatic N) is 3. The minimum absolute atomic E-state index is 0.0672. The zero-order valence-electron chi connectivity index (χ0n) is 21.0. The summed E-state index contributed by atoms with van der Waals surface area (Å²) in [5, 5.41) is 9.91. The van der Waals surface area contributed by atoms with Crippen LogP contribution in [0.25, 0.3) is 5.82 Å². The number of nitrogens with two attached hydrogens (primary N) is 1. The standard InChI is InChI=1S/C28H35N7O2/c29-26(36)21-10-8-20(9-11-21)18-30-27(37)23(16-19-6-2-1-3-7-19)32-24-17-25(35-14-4-5-15-35)34-28(33-24)31-22-12-13-22/h4-5,8-11,14-15,17,19,22-23H,1-3,6-7,12-13,16,18H2,(H2,29,36)(H,30,37)(H2,31,32,33,34). The molecule has 2 aliphatic carbocycles. The van der Waals surface area contributed by atoms with Crippen LogP contribution in [0.1, 0.15) is 67.3 Å². The molecule has 5 N–H and O–H groups in total. The van der Waals surface area contributed by atoms with Gasteiger partial charge in [-0.05, 0) is 55.0 Å². The molecule has 0 radical (unpaired) electrons. The molecule has 1 unspecified atom stereocenters. The Balaban J connectivity index is 1.33. The summed E-state index contributed by atoms with van der Waals surface area (Å²) in [6.45, 7) is 0.369. The van der Waals surface area contributed by atoms with Crippen LogP contribution in [0.15, 0.2) is 54.9 Å². The highest BCUT2D eigenvalue weighted by atomic mass is 16.2. The number of carbonyl (C=O) groups is 2. The van der Waals surface area contributed by atoms with Crippen molar-refractivity contribution in [2.24, 2.45) is 11.7 Å². The maximum atomic E-state index is 13.4. The lowest BCUT2D eigenvalue weighted by atomic mass is 9.84. The van der Waals surface area contributed by atoms with Crippen LogP contribution in [0.5, 0.6) is 0 Å². The number of rotatable bonds is 11. The molecule has 0 bridgehead atoms. The van der Waals surface area contributed by atoms with Crippen molar-refractivity contribution in [3.05, 3.63) is 66.0 Å². The topological polar surface area (TPSA) is 127 Å². The van der Waals surface area contributed by atoms with Gasteiger partial charge in [-0.2, -0.15) is 9.97 Å². The average Bonchev–Trinajstić information content (AvgIpc) is 3.54. The summed E-state index contributed by atoms with van der Waals surface area (Å²) in [6, 6.07) is 12.8. The van der Waals surface area contributed by atoms with E-state index in [-0.39, 0.29) is 5.91 Å². The molecule has 5 rings (SSSR count). The van der Waals surface area contributed by atoms with Gasteiger partial charge in [-0.1, -0.05) is 44.2 Å². The Morgan fingerprint density at radius 3 is 2.41 bits per heavy atom. The molecular weight excluding hydrogens is 466 g/mol. The molecule has 0 aliphatic heterocycles. The molecule has 3 aromatic rings. The molecule has 1 aromatic carbocycles. The van der Waals surface area contributed by atoms with Crippen LogP contribution in [0.4, 0.5) is 11.8 Å². The van der Waals surface area contributed by atoms with Crippen molar-refractivity contribution in [1.82, 2.24) is 19.9 Å². The third-order valence-corrected chi connectivity index (χ3v) is 7.13. The highest BCUT2D eigenvalue weighted by Crippen LogP contribution is 2.29. The molecule has 0 saturated heterocycles. The van der Waals surface area contributed by atoms with Crippen molar-refractivity contribution in [2.75, 3.05) is 10.6 Å². The molecule has 2 aromatic heterocycles. The van der Waals surface area contributed by atoms with E-state index in [9.17, 15) is 9.59 Å². The lowest BCUT2D eigenvalue weighted by Crippen LogP contribution is -2.41. The minimum Gasteiger partial charge on any atom is -0.366 e. The fourth-order valence-corrected chi connectivity index (χ4v) is 4.87. The highest BCUT2D eigenvalue weighted by molar-refractivity contribution is 5.92. The smallest absolute Gasteiger partial charge is 0.248 e. The Hall–Kier alpha value is -3.88. The normalized spacial score (nSPS) is 16.6. The summed E-state index contributed by atoms with van der Waals surface area (Å²) in [4.78, 5) is 34.2. The average molecular weight is 502 g/mol. The third-order valence-electron chi connectivity index (χ3n) is 7.13. The first-order valence-electron chi connectivity index (χ1n) is 13.3. The van der Waals surface area contributed by atoms with Crippen LogP contribution >= 0.6 is 0 Å². The van der Waals surface area contributed by atoms with Gasteiger partial charge in [0.1, 0.15) is 17.7 Å². The number of anilines is 2. The third kappa shape index (κ3) is 6.87. The van der Waals surface area contributed by atoms with Crippen LogP contribution in [0.3, 0.4) is 0 Å². The number of benzene rings is 1. The number of carbonyl (C=O) groups excluding carboxylic acids is 2. The first-order valence-corrected chi connectivity index (χ1v) is 13.3. The van der Waals surface area contributed by atoms with Crippen molar-refractivity contribution in [1.29, 1.82) is 0 Å². The fourth-order valence-electron chi connectivity index (χ4n) is 4.87. The van der Waals surface area contributed by atoms with Crippen molar-refractivity contribution in [3.63, 3.8) is 0 Å². The zero-order valence-corrected chi connectivity index (χ0v) is 21.0. The zero-order chi connectivity index (χ0) is 25.6. The molecule has 1 atom stereocenters. The number of amides is 2. The number of aromatic nitrogens is 3. The first-order chi connectivity index (χ1) is 18.0. The first kappa shape index (κ1) is 24.8. The fraction of sp³-hybridized carbons (Fsp3) is 0.429. The molecule has 9 heteroatoms. The summed E-state index contributed by atoms with van der Waals surface area (Å²) in [6.07, 6.45) is 12.9. The van der Waals surface area contributed by atoms with Gasteiger partial charge >= 0.3 is 0 Å².